The molecule has 0 unspecified atom stereocenters. The number of nitrogens with zero attached hydrogens (tertiary/aromatic N) is 2. The molecule has 0 aliphatic carbocycles. The highest BCUT2D eigenvalue weighted by Crippen LogP contribution is 2.24. The van der Waals surface area contributed by atoms with Crippen molar-refractivity contribution in [1.82, 2.24) is 9.78 Å². The van der Waals surface area contributed by atoms with Gasteiger partial charge < -0.3 is 10.6 Å². The van der Waals surface area contributed by atoms with Crippen molar-refractivity contribution in [3.8, 4) is 0 Å². The number of aromatic nitrogens is 2. The van der Waals surface area contributed by atoms with Crippen molar-refractivity contribution in [3.63, 3.8) is 0 Å². The first-order valence-corrected chi connectivity index (χ1v) is 8.99. The van der Waals surface area contributed by atoms with Crippen molar-refractivity contribution in [1.29, 1.82) is 0 Å². The first kappa shape index (κ1) is 19.3. The third-order valence-electron chi connectivity index (χ3n) is 4.43. The van der Waals surface area contributed by atoms with Crippen LogP contribution in [-0.2, 0) is 4.79 Å². The summed E-state index contributed by atoms with van der Waals surface area (Å²) in [6.07, 6.45) is 0. The Labute approximate surface area is 162 Å². The molecule has 0 spiro atoms. The van der Waals surface area contributed by atoms with Crippen molar-refractivity contribution in [2.45, 2.75) is 33.7 Å². The smallest absolute Gasteiger partial charge is 0.276 e. The van der Waals surface area contributed by atoms with E-state index in [0.29, 0.717) is 22.1 Å². The third kappa shape index (κ3) is 3.64. The second-order valence-corrected chi connectivity index (χ2v) is 6.85. The highest BCUT2D eigenvalue weighted by molar-refractivity contribution is 6.11. The van der Waals surface area contributed by atoms with Crippen molar-refractivity contribution >= 4 is 34.0 Å². The lowest BCUT2D eigenvalue weighted by atomic mass is 10.1. The van der Waals surface area contributed by atoms with E-state index < -0.39 is 5.91 Å². The minimum absolute atomic E-state index is 0.174. The molecule has 0 aliphatic heterocycles. The molecule has 3 rings (SSSR count). The molecular formula is C21H22N4O3. The van der Waals surface area contributed by atoms with Gasteiger partial charge in [-0.2, -0.15) is 5.10 Å². The number of carbonyl (C=O) groups is 2. The number of amides is 2. The molecule has 0 radical (unpaired) electrons. The fourth-order valence-corrected chi connectivity index (χ4v) is 3.00. The SMILES string of the molecule is CC(=O)Nc1cccc(NC(=O)c2nn(C(C)C)c(=O)c3ccccc23)c1C. The van der Waals surface area contributed by atoms with Crippen LogP contribution in [0, 0.1) is 6.92 Å². The van der Waals surface area contributed by atoms with Crippen molar-refractivity contribution in [2.24, 2.45) is 0 Å². The molecule has 0 bridgehead atoms. The molecule has 0 aliphatic rings. The van der Waals surface area contributed by atoms with E-state index in [1.54, 1.807) is 42.5 Å². The number of nitrogens with one attached hydrogen (secondary N) is 2. The van der Waals surface area contributed by atoms with E-state index in [4.69, 9.17) is 0 Å². The number of rotatable bonds is 4. The number of hydrogen-bond donors (Lipinski definition) is 2. The van der Waals surface area contributed by atoms with Gasteiger partial charge in [0.2, 0.25) is 5.91 Å². The first-order chi connectivity index (χ1) is 13.3. The van der Waals surface area contributed by atoms with Gasteiger partial charge in [0, 0.05) is 23.7 Å². The molecule has 7 nitrogen and oxygen atoms in total. The number of anilines is 2. The molecule has 1 heterocycles. The van der Waals surface area contributed by atoms with E-state index in [1.165, 1.54) is 11.6 Å². The Bertz CT molecular complexity index is 1130. The van der Waals surface area contributed by atoms with Crippen LogP contribution in [0.15, 0.2) is 47.3 Å². The van der Waals surface area contributed by atoms with Crippen LogP contribution in [0.1, 0.15) is 42.9 Å². The summed E-state index contributed by atoms with van der Waals surface area (Å²) in [5.74, 6) is -0.614. The maximum Gasteiger partial charge on any atom is 0.276 e. The van der Waals surface area contributed by atoms with Crippen LogP contribution in [0.4, 0.5) is 11.4 Å². The summed E-state index contributed by atoms with van der Waals surface area (Å²) < 4.78 is 1.32. The second-order valence-electron chi connectivity index (χ2n) is 6.85. The molecule has 0 saturated heterocycles. The summed E-state index contributed by atoms with van der Waals surface area (Å²) in [5, 5.41) is 10.8. The minimum atomic E-state index is -0.423. The Kier molecular flexibility index (Phi) is 5.26. The van der Waals surface area contributed by atoms with Crippen LogP contribution in [0.3, 0.4) is 0 Å². The molecule has 0 saturated carbocycles. The van der Waals surface area contributed by atoms with Gasteiger partial charge >= 0.3 is 0 Å². The zero-order chi connectivity index (χ0) is 20.4. The highest BCUT2D eigenvalue weighted by Gasteiger charge is 2.19. The highest BCUT2D eigenvalue weighted by atomic mass is 16.2. The second kappa shape index (κ2) is 7.64. The quantitative estimate of drug-likeness (QED) is 0.727. The molecule has 2 aromatic carbocycles. The predicted octanol–water partition coefficient (Wildman–Crippen LogP) is 3.50. The zero-order valence-corrected chi connectivity index (χ0v) is 16.2. The topological polar surface area (TPSA) is 93.1 Å². The van der Waals surface area contributed by atoms with Crippen LogP contribution in [0.2, 0.25) is 0 Å². The molecular weight excluding hydrogens is 356 g/mol. The summed E-state index contributed by atoms with van der Waals surface area (Å²) in [6.45, 7) is 6.91. The monoisotopic (exact) mass is 378 g/mol. The molecule has 144 valence electrons. The van der Waals surface area contributed by atoms with E-state index in [1.807, 2.05) is 20.8 Å². The first-order valence-electron chi connectivity index (χ1n) is 8.99. The van der Waals surface area contributed by atoms with Gasteiger partial charge in [0.25, 0.3) is 11.5 Å². The van der Waals surface area contributed by atoms with Crippen LogP contribution in [0.25, 0.3) is 10.8 Å². The van der Waals surface area contributed by atoms with Gasteiger partial charge in [-0.25, -0.2) is 4.68 Å². The summed E-state index contributed by atoms with van der Waals surface area (Å²) in [6, 6.07) is 12.0. The van der Waals surface area contributed by atoms with Crippen molar-refractivity contribution in [3.05, 3.63) is 64.1 Å². The standard InChI is InChI=1S/C21H22N4O3/c1-12(2)25-21(28)16-9-6-5-8-15(16)19(24-25)20(27)23-18-11-7-10-17(13(18)3)22-14(4)26/h5-12H,1-4H3,(H,22,26)(H,23,27). The third-order valence-corrected chi connectivity index (χ3v) is 4.43. The van der Waals surface area contributed by atoms with Crippen LogP contribution < -0.4 is 16.2 Å². The lowest BCUT2D eigenvalue weighted by Gasteiger charge is -2.15. The van der Waals surface area contributed by atoms with Gasteiger partial charge in [-0.15, -0.1) is 0 Å². The summed E-state index contributed by atoms with van der Waals surface area (Å²) >= 11 is 0. The Morgan fingerprint density at radius 1 is 0.964 bits per heavy atom. The van der Waals surface area contributed by atoms with Gasteiger partial charge in [-0.1, -0.05) is 24.3 Å². The Morgan fingerprint density at radius 3 is 2.18 bits per heavy atom. The van der Waals surface area contributed by atoms with Gasteiger partial charge in [-0.3, -0.25) is 14.4 Å². The lowest BCUT2D eigenvalue weighted by Crippen LogP contribution is -2.29. The Balaban J connectivity index is 2.07. The fourth-order valence-electron chi connectivity index (χ4n) is 3.00. The zero-order valence-electron chi connectivity index (χ0n) is 16.2. The molecule has 1 aromatic heterocycles. The van der Waals surface area contributed by atoms with E-state index in [2.05, 4.69) is 15.7 Å². The fraction of sp³-hybridized carbons (Fsp3) is 0.238. The van der Waals surface area contributed by atoms with E-state index >= 15 is 0 Å². The normalized spacial score (nSPS) is 10.9. The number of hydrogen-bond acceptors (Lipinski definition) is 4. The van der Waals surface area contributed by atoms with Gasteiger partial charge in [-0.05, 0) is 44.5 Å². The summed E-state index contributed by atoms with van der Waals surface area (Å²) in [5.41, 5.74) is 1.85. The summed E-state index contributed by atoms with van der Waals surface area (Å²) in [7, 11) is 0. The van der Waals surface area contributed by atoms with E-state index in [-0.39, 0.29) is 23.2 Å². The molecule has 2 amide bonds. The Morgan fingerprint density at radius 2 is 1.57 bits per heavy atom. The molecule has 28 heavy (non-hydrogen) atoms. The summed E-state index contributed by atoms with van der Waals surface area (Å²) in [4.78, 5) is 37.0. The Hall–Kier alpha value is -3.48. The maximum absolute atomic E-state index is 13.0. The largest absolute Gasteiger partial charge is 0.326 e. The molecule has 0 atom stereocenters. The van der Waals surface area contributed by atoms with E-state index in [0.717, 1.165) is 5.56 Å². The van der Waals surface area contributed by atoms with Crippen molar-refractivity contribution in [2.75, 3.05) is 10.6 Å². The number of fused-ring (bicyclic) bond motifs is 1. The molecule has 7 heteroatoms. The number of benzene rings is 2. The van der Waals surface area contributed by atoms with Gasteiger partial charge in [0.1, 0.15) is 0 Å². The van der Waals surface area contributed by atoms with Crippen LogP contribution >= 0.6 is 0 Å². The maximum atomic E-state index is 13.0. The van der Waals surface area contributed by atoms with E-state index in [9.17, 15) is 14.4 Å². The number of carbonyl (C=O) groups excluding carboxylic acids is 2. The predicted molar refractivity (Wildman–Crippen MR) is 110 cm³/mol. The molecule has 2 N–H and O–H groups in total. The minimum Gasteiger partial charge on any atom is -0.326 e. The average Bonchev–Trinajstić information content (AvgIpc) is 2.64. The molecule has 0 fully saturated rings. The van der Waals surface area contributed by atoms with Crippen LogP contribution in [0.5, 0.6) is 0 Å². The molecule has 3 aromatic rings. The van der Waals surface area contributed by atoms with Gasteiger partial charge in [0.15, 0.2) is 5.69 Å². The van der Waals surface area contributed by atoms with Crippen molar-refractivity contribution < 1.29 is 9.59 Å². The van der Waals surface area contributed by atoms with Gasteiger partial charge in [0.05, 0.1) is 11.4 Å². The van der Waals surface area contributed by atoms with Crippen LogP contribution in [-0.4, -0.2) is 21.6 Å². The lowest BCUT2D eigenvalue weighted by molar-refractivity contribution is -0.114. The average molecular weight is 378 g/mol.